The fourth-order valence-corrected chi connectivity index (χ4v) is 3.24. The van der Waals surface area contributed by atoms with Crippen LogP contribution in [0.2, 0.25) is 0 Å². The van der Waals surface area contributed by atoms with Crippen molar-refractivity contribution in [1.82, 2.24) is 0 Å². The lowest BCUT2D eigenvalue weighted by Gasteiger charge is -2.43. The monoisotopic (exact) mass is 168 g/mol. The Hall–Kier alpha value is 0. The van der Waals surface area contributed by atoms with Crippen LogP contribution in [0.1, 0.15) is 53.9 Å². The lowest BCUT2D eigenvalue weighted by atomic mass is 9.62. The molecule has 0 aliphatic heterocycles. The van der Waals surface area contributed by atoms with E-state index in [0.29, 0.717) is 5.41 Å². The third-order valence-electron chi connectivity index (χ3n) is 3.65. The van der Waals surface area contributed by atoms with Gasteiger partial charge in [-0.3, -0.25) is 0 Å². The van der Waals surface area contributed by atoms with Gasteiger partial charge in [-0.25, -0.2) is 0 Å². The molecule has 1 aliphatic rings. The summed E-state index contributed by atoms with van der Waals surface area (Å²) in [6.07, 6.45) is 4.33. The summed E-state index contributed by atoms with van der Waals surface area (Å²) >= 11 is 0. The maximum absolute atomic E-state index is 2.45. The van der Waals surface area contributed by atoms with Gasteiger partial charge in [-0.2, -0.15) is 0 Å². The zero-order chi connectivity index (χ0) is 9.35. The third-order valence-corrected chi connectivity index (χ3v) is 3.65. The van der Waals surface area contributed by atoms with E-state index in [2.05, 4.69) is 34.6 Å². The van der Waals surface area contributed by atoms with Gasteiger partial charge in [0.25, 0.3) is 0 Å². The van der Waals surface area contributed by atoms with Gasteiger partial charge in [0.15, 0.2) is 0 Å². The van der Waals surface area contributed by atoms with Gasteiger partial charge in [-0.1, -0.05) is 41.0 Å². The molecule has 0 nitrogen and oxygen atoms in total. The molecule has 12 heavy (non-hydrogen) atoms. The van der Waals surface area contributed by atoms with Crippen molar-refractivity contribution >= 4 is 0 Å². The van der Waals surface area contributed by atoms with E-state index < -0.39 is 0 Å². The van der Waals surface area contributed by atoms with Crippen LogP contribution in [0.4, 0.5) is 0 Å². The van der Waals surface area contributed by atoms with Crippen LogP contribution in [0.15, 0.2) is 0 Å². The van der Waals surface area contributed by atoms with E-state index in [9.17, 15) is 0 Å². The van der Waals surface area contributed by atoms with Gasteiger partial charge < -0.3 is 0 Å². The van der Waals surface area contributed by atoms with E-state index >= 15 is 0 Å². The van der Waals surface area contributed by atoms with E-state index in [4.69, 9.17) is 0 Å². The van der Waals surface area contributed by atoms with E-state index in [1.807, 2.05) is 0 Å². The standard InChI is InChI=1S/C12H24/c1-9(2)11-7-6-10(3)8-12(11,4)5/h9-11H,6-8H2,1-5H3/t10-,11+/m1/s1. The highest BCUT2D eigenvalue weighted by Gasteiger charge is 2.36. The van der Waals surface area contributed by atoms with Crippen LogP contribution in [-0.4, -0.2) is 0 Å². The maximum Gasteiger partial charge on any atom is -0.0321 e. The first kappa shape index (κ1) is 10.1. The SMILES string of the molecule is CC(C)[C@@H]1CC[C@@H](C)CC1(C)C. The minimum atomic E-state index is 0.589. The lowest BCUT2D eigenvalue weighted by Crippen LogP contribution is -2.34. The number of hydrogen-bond donors (Lipinski definition) is 0. The molecular formula is C12H24. The van der Waals surface area contributed by atoms with Crippen molar-refractivity contribution in [2.24, 2.45) is 23.2 Å². The van der Waals surface area contributed by atoms with Crippen molar-refractivity contribution in [3.63, 3.8) is 0 Å². The maximum atomic E-state index is 2.45. The third kappa shape index (κ3) is 2.02. The first-order valence-corrected chi connectivity index (χ1v) is 5.43. The summed E-state index contributed by atoms with van der Waals surface area (Å²) in [6.45, 7) is 12.1. The van der Waals surface area contributed by atoms with Crippen LogP contribution in [0.3, 0.4) is 0 Å². The summed E-state index contributed by atoms with van der Waals surface area (Å²) in [5.74, 6) is 2.77. The zero-order valence-electron chi connectivity index (χ0n) is 9.35. The van der Waals surface area contributed by atoms with Gasteiger partial charge in [-0.05, 0) is 36.0 Å². The Morgan fingerprint density at radius 3 is 2.17 bits per heavy atom. The predicted octanol–water partition coefficient (Wildman–Crippen LogP) is 4.10. The van der Waals surface area contributed by atoms with Gasteiger partial charge in [0.2, 0.25) is 0 Å². The Balaban J connectivity index is 2.64. The van der Waals surface area contributed by atoms with Crippen molar-refractivity contribution < 1.29 is 0 Å². The van der Waals surface area contributed by atoms with Crippen LogP contribution >= 0.6 is 0 Å². The molecule has 0 spiro atoms. The summed E-state index contributed by atoms with van der Waals surface area (Å²) < 4.78 is 0. The fraction of sp³-hybridized carbons (Fsp3) is 1.00. The normalized spacial score (nSPS) is 35.5. The molecule has 0 amide bonds. The molecule has 0 aromatic heterocycles. The first-order chi connectivity index (χ1) is 5.43. The Labute approximate surface area is 77.7 Å². The smallest absolute Gasteiger partial charge is 0.0321 e. The Kier molecular flexibility index (Phi) is 2.85. The number of rotatable bonds is 1. The molecule has 0 N–H and O–H groups in total. The Morgan fingerprint density at radius 1 is 1.17 bits per heavy atom. The second-order valence-electron chi connectivity index (χ2n) is 5.73. The average Bonchev–Trinajstić information content (AvgIpc) is 1.82. The average molecular weight is 168 g/mol. The molecule has 0 unspecified atom stereocenters. The second-order valence-corrected chi connectivity index (χ2v) is 5.73. The molecular weight excluding hydrogens is 144 g/mol. The van der Waals surface area contributed by atoms with Gasteiger partial charge in [0.1, 0.15) is 0 Å². The largest absolute Gasteiger partial charge is 0.0625 e. The molecule has 0 bridgehead atoms. The highest BCUT2D eigenvalue weighted by molar-refractivity contribution is 4.86. The summed E-state index contributed by atoms with van der Waals surface area (Å²) in [6, 6.07) is 0. The van der Waals surface area contributed by atoms with Crippen LogP contribution in [-0.2, 0) is 0 Å². The molecule has 2 atom stereocenters. The predicted molar refractivity (Wildman–Crippen MR) is 55.1 cm³/mol. The van der Waals surface area contributed by atoms with Gasteiger partial charge in [-0.15, -0.1) is 0 Å². The molecule has 1 aliphatic carbocycles. The zero-order valence-corrected chi connectivity index (χ0v) is 9.35. The minimum absolute atomic E-state index is 0.589. The van der Waals surface area contributed by atoms with Crippen LogP contribution < -0.4 is 0 Å². The topological polar surface area (TPSA) is 0 Å². The number of hydrogen-bond acceptors (Lipinski definition) is 0. The van der Waals surface area contributed by atoms with Crippen LogP contribution in [0, 0.1) is 23.2 Å². The Bertz CT molecular complexity index is 144. The fourth-order valence-electron chi connectivity index (χ4n) is 3.24. The molecule has 0 saturated heterocycles. The molecule has 1 fully saturated rings. The van der Waals surface area contributed by atoms with Crippen LogP contribution in [0.5, 0.6) is 0 Å². The van der Waals surface area contributed by atoms with Crippen molar-refractivity contribution in [3.05, 3.63) is 0 Å². The van der Waals surface area contributed by atoms with Crippen molar-refractivity contribution in [1.29, 1.82) is 0 Å². The Morgan fingerprint density at radius 2 is 1.75 bits per heavy atom. The molecule has 0 heteroatoms. The molecule has 72 valence electrons. The second kappa shape index (κ2) is 3.40. The molecule has 0 heterocycles. The highest BCUT2D eigenvalue weighted by atomic mass is 14.4. The lowest BCUT2D eigenvalue weighted by molar-refractivity contribution is 0.0666. The van der Waals surface area contributed by atoms with Crippen molar-refractivity contribution in [3.8, 4) is 0 Å². The van der Waals surface area contributed by atoms with Gasteiger partial charge in [0.05, 0.1) is 0 Å². The van der Waals surface area contributed by atoms with Gasteiger partial charge in [0, 0.05) is 0 Å². The van der Waals surface area contributed by atoms with E-state index in [1.165, 1.54) is 19.3 Å². The van der Waals surface area contributed by atoms with Gasteiger partial charge >= 0.3 is 0 Å². The quantitative estimate of drug-likeness (QED) is 0.553. The van der Waals surface area contributed by atoms with E-state index in [1.54, 1.807) is 0 Å². The molecule has 1 rings (SSSR count). The molecule has 0 aromatic carbocycles. The van der Waals surface area contributed by atoms with E-state index in [0.717, 1.165) is 17.8 Å². The summed E-state index contributed by atoms with van der Waals surface area (Å²) in [7, 11) is 0. The summed E-state index contributed by atoms with van der Waals surface area (Å²) in [4.78, 5) is 0. The molecule has 1 saturated carbocycles. The summed E-state index contributed by atoms with van der Waals surface area (Å²) in [5.41, 5.74) is 0.589. The van der Waals surface area contributed by atoms with Crippen molar-refractivity contribution in [2.75, 3.05) is 0 Å². The van der Waals surface area contributed by atoms with Crippen LogP contribution in [0.25, 0.3) is 0 Å². The van der Waals surface area contributed by atoms with Crippen molar-refractivity contribution in [2.45, 2.75) is 53.9 Å². The molecule has 0 aromatic rings. The minimum Gasteiger partial charge on any atom is -0.0625 e. The first-order valence-electron chi connectivity index (χ1n) is 5.43. The highest BCUT2D eigenvalue weighted by Crippen LogP contribution is 2.46. The molecule has 0 radical (unpaired) electrons. The van der Waals surface area contributed by atoms with E-state index in [-0.39, 0.29) is 0 Å². The summed E-state index contributed by atoms with van der Waals surface area (Å²) in [5, 5.41) is 0.